The molecule has 11 nitrogen and oxygen atoms in total. The van der Waals surface area contributed by atoms with E-state index in [-0.39, 0.29) is 34.8 Å². The maximum absolute atomic E-state index is 12.7. The molecule has 0 fully saturated rings. The molecule has 2 N–H and O–H groups in total. The van der Waals surface area contributed by atoms with E-state index >= 15 is 0 Å². The normalized spacial score (nSPS) is 10.6. The lowest BCUT2D eigenvalue weighted by molar-refractivity contribution is 0.256. The molecule has 1 heterocycles. The average Bonchev–Trinajstić information content (AvgIpc) is 2.68. The van der Waals surface area contributed by atoms with Crippen molar-refractivity contribution >= 4 is 22.0 Å². The van der Waals surface area contributed by atoms with Crippen LogP contribution in [-0.2, 0) is 16.4 Å². The Morgan fingerprint density at radius 2 is 1.77 bits per heavy atom. The first-order valence-corrected chi connectivity index (χ1v) is 10.3. The fourth-order valence-electron chi connectivity index (χ4n) is 2.34. The van der Waals surface area contributed by atoms with Crippen molar-refractivity contribution in [2.24, 2.45) is 0 Å². The van der Waals surface area contributed by atoms with Crippen molar-refractivity contribution < 1.29 is 27.4 Å². The molecule has 0 saturated carbocycles. The minimum Gasteiger partial charge on any atom is -0.495 e. The molecule has 0 aliphatic carbocycles. The van der Waals surface area contributed by atoms with Crippen LogP contribution in [0.3, 0.4) is 0 Å². The summed E-state index contributed by atoms with van der Waals surface area (Å²) in [6.07, 6.45) is -0.00300. The van der Waals surface area contributed by atoms with Crippen LogP contribution >= 0.6 is 0 Å². The maximum Gasteiger partial charge on any atom is 0.335 e. The number of rotatable bonds is 9. The molecule has 30 heavy (non-hydrogen) atoms. The molecule has 2 aromatic rings. The van der Waals surface area contributed by atoms with Crippen molar-refractivity contribution in [3.63, 3.8) is 0 Å². The Labute approximate surface area is 174 Å². The summed E-state index contributed by atoms with van der Waals surface area (Å²) in [6.45, 7) is 4.15. The number of benzene rings is 1. The second-order valence-corrected chi connectivity index (χ2v) is 7.26. The van der Waals surface area contributed by atoms with Crippen LogP contribution < -0.4 is 24.2 Å². The zero-order valence-electron chi connectivity index (χ0n) is 16.6. The van der Waals surface area contributed by atoms with Crippen LogP contribution in [0.15, 0.2) is 29.2 Å². The van der Waals surface area contributed by atoms with E-state index in [0.29, 0.717) is 18.8 Å². The number of urea groups is 1. The van der Waals surface area contributed by atoms with Gasteiger partial charge in [-0.1, -0.05) is 6.07 Å². The predicted molar refractivity (Wildman–Crippen MR) is 106 cm³/mol. The van der Waals surface area contributed by atoms with E-state index in [1.165, 1.54) is 25.3 Å². The van der Waals surface area contributed by atoms with Gasteiger partial charge in [-0.25, -0.2) is 17.9 Å². The fraction of sp³-hybridized carbons (Fsp3) is 0.333. The van der Waals surface area contributed by atoms with Gasteiger partial charge < -0.3 is 14.2 Å². The SMILES string of the molecule is CCOc1cc(OCC)nc(NC(=O)NS(=O)(=O)c2cc(CC#N)ccc2OC)n1. The summed E-state index contributed by atoms with van der Waals surface area (Å²) >= 11 is 0. The van der Waals surface area contributed by atoms with Gasteiger partial charge in [-0.05, 0) is 31.5 Å². The van der Waals surface area contributed by atoms with E-state index in [2.05, 4.69) is 15.3 Å². The number of ether oxygens (including phenoxy) is 3. The third-order valence-corrected chi connectivity index (χ3v) is 4.87. The number of nitrogens with zero attached hydrogens (tertiary/aromatic N) is 3. The number of carbonyl (C=O) groups excluding carboxylic acids is 1. The van der Waals surface area contributed by atoms with Crippen LogP contribution in [0.4, 0.5) is 10.7 Å². The minimum atomic E-state index is -4.32. The smallest absolute Gasteiger partial charge is 0.335 e. The van der Waals surface area contributed by atoms with Crippen molar-refractivity contribution in [2.75, 3.05) is 25.6 Å². The number of sulfonamides is 1. The molecule has 0 bridgehead atoms. The van der Waals surface area contributed by atoms with Crippen molar-refractivity contribution in [2.45, 2.75) is 25.2 Å². The zero-order valence-corrected chi connectivity index (χ0v) is 17.4. The first kappa shape index (κ1) is 22.7. The fourth-order valence-corrected chi connectivity index (χ4v) is 3.47. The van der Waals surface area contributed by atoms with Gasteiger partial charge in [0.25, 0.3) is 10.0 Å². The van der Waals surface area contributed by atoms with Gasteiger partial charge in [-0.3, -0.25) is 5.32 Å². The second kappa shape index (κ2) is 10.3. The molecule has 0 radical (unpaired) electrons. The molecule has 12 heteroatoms. The Kier molecular flexibility index (Phi) is 7.76. The second-order valence-electron chi connectivity index (χ2n) is 5.61. The van der Waals surface area contributed by atoms with Crippen LogP contribution in [0, 0.1) is 11.3 Å². The number of anilines is 1. The number of aromatic nitrogens is 2. The van der Waals surface area contributed by atoms with Crippen LogP contribution in [0.2, 0.25) is 0 Å². The van der Waals surface area contributed by atoms with Crippen molar-refractivity contribution in [1.82, 2.24) is 14.7 Å². The van der Waals surface area contributed by atoms with Gasteiger partial charge in [0, 0.05) is 0 Å². The molecule has 0 aliphatic rings. The van der Waals surface area contributed by atoms with Crippen LogP contribution in [0.5, 0.6) is 17.5 Å². The minimum absolute atomic E-state index is 0.00300. The van der Waals surface area contributed by atoms with Gasteiger partial charge in [-0.2, -0.15) is 15.2 Å². The van der Waals surface area contributed by atoms with Crippen LogP contribution in [0.1, 0.15) is 19.4 Å². The van der Waals surface area contributed by atoms with E-state index in [0.717, 1.165) is 0 Å². The molecule has 1 aromatic heterocycles. The van der Waals surface area contributed by atoms with Crippen LogP contribution in [0.25, 0.3) is 0 Å². The molecular weight excluding hydrogens is 414 g/mol. The Morgan fingerprint density at radius 1 is 1.13 bits per heavy atom. The lowest BCUT2D eigenvalue weighted by Gasteiger charge is -2.13. The zero-order chi connectivity index (χ0) is 22.1. The highest BCUT2D eigenvalue weighted by molar-refractivity contribution is 7.90. The van der Waals surface area contributed by atoms with E-state index in [1.807, 2.05) is 10.8 Å². The summed E-state index contributed by atoms with van der Waals surface area (Å²) in [5, 5.41) is 11.1. The van der Waals surface area contributed by atoms with Crippen LogP contribution in [-0.4, -0.2) is 44.7 Å². The molecule has 0 unspecified atom stereocenters. The van der Waals surface area contributed by atoms with Gasteiger partial charge in [-0.15, -0.1) is 0 Å². The third kappa shape index (κ3) is 5.95. The summed E-state index contributed by atoms with van der Waals surface area (Å²) in [6, 6.07) is 6.50. The molecular formula is C18H21N5O6S. The number of hydrogen-bond acceptors (Lipinski definition) is 9. The lowest BCUT2D eigenvalue weighted by atomic mass is 10.2. The first-order valence-electron chi connectivity index (χ1n) is 8.85. The molecule has 2 rings (SSSR count). The third-order valence-electron chi connectivity index (χ3n) is 3.52. The first-order chi connectivity index (χ1) is 14.3. The summed E-state index contributed by atoms with van der Waals surface area (Å²) in [7, 11) is -3.03. The van der Waals surface area contributed by atoms with Crippen molar-refractivity contribution in [1.29, 1.82) is 5.26 Å². The predicted octanol–water partition coefficient (Wildman–Crippen LogP) is 1.86. The number of methoxy groups -OCH3 is 1. The molecule has 2 amide bonds. The number of hydrogen-bond donors (Lipinski definition) is 2. The largest absolute Gasteiger partial charge is 0.495 e. The molecule has 160 valence electrons. The van der Waals surface area contributed by atoms with E-state index < -0.39 is 16.1 Å². The van der Waals surface area contributed by atoms with Gasteiger partial charge in [0.15, 0.2) is 0 Å². The van der Waals surface area contributed by atoms with Gasteiger partial charge in [0.1, 0.15) is 10.6 Å². The van der Waals surface area contributed by atoms with E-state index in [1.54, 1.807) is 19.9 Å². The molecule has 0 atom stereocenters. The highest BCUT2D eigenvalue weighted by Gasteiger charge is 2.23. The summed E-state index contributed by atoms with van der Waals surface area (Å²) in [5.74, 6) is 0.118. The quantitative estimate of drug-likeness (QED) is 0.601. The average molecular weight is 435 g/mol. The number of amides is 2. The molecule has 0 aliphatic heterocycles. The van der Waals surface area contributed by atoms with Gasteiger partial charge in [0.05, 0.1) is 38.9 Å². The Hall–Kier alpha value is -3.59. The lowest BCUT2D eigenvalue weighted by Crippen LogP contribution is -2.35. The number of nitriles is 1. The van der Waals surface area contributed by atoms with E-state index in [9.17, 15) is 13.2 Å². The van der Waals surface area contributed by atoms with Crippen molar-refractivity contribution in [3.8, 4) is 23.6 Å². The number of carbonyl (C=O) groups is 1. The highest BCUT2D eigenvalue weighted by atomic mass is 32.2. The summed E-state index contributed by atoms with van der Waals surface area (Å²) < 4.78 is 42.9. The topological polar surface area (TPSA) is 153 Å². The maximum atomic E-state index is 12.7. The standard InChI is InChI=1S/C18H21N5O6S/c1-4-28-15-11-16(29-5-2)21-17(20-15)22-18(24)23-30(25,26)14-10-12(8-9-19)6-7-13(14)27-3/h6-7,10-11H,4-5,8H2,1-3H3,(H2,20,21,22,23,24). The van der Waals surface area contributed by atoms with Crippen molar-refractivity contribution in [3.05, 3.63) is 29.8 Å². The Balaban J connectivity index is 2.25. The Morgan fingerprint density at radius 3 is 2.30 bits per heavy atom. The van der Waals surface area contributed by atoms with Gasteiger partial charge in [0.2, 0.25) is 17.7 Å². The summed E-state index contributed by atoms with van der Waals surface area (Å²) in [5.41, 5.74) is 0.452. The Bertz CT molecular complexity index is 1030. The molecule has 0 saturated heterocycles. The highest BCUT2D eigenvalue weighted by Crippen LogP contribution is 2.25. The molecule has 0 spiro atoms. The van der Waals surface area contributed by atoms with Gasteiger partial charge >= 0.3 is 6.03 Å². The number of nitrogens with one attached hydrogen (secondary N) is 2. The summed E-state index contributed by atoms with van der Waals surface area (Å²) in [4.78, 5) is 20.0. The van der Waals surface area contributed by atoms with E-state index in [4.69, 9.17) is 19.5 Å². The monoisotopic (exact) mass is 435 g/mol. The molecule has 1 aromatic carbocycles.